The van der Waals surface area contributed by atoms with Crippen molar-refractivity contribution in [1.29, 1.82) is 0 Å². The standard InChI is InChI=1S/C12H12N4O2/c1-7(17)8-4-2-3-5-10(8)15-12(18)9-6-14-16-11(9)13/h2-6H,1H3,(H,15,18)(H3,13,14,16). The Morgan fingerprint density at radius 3 is 2.61 bits per heavy atom. The van der Waals surface area contributed by atoms with Crippen molar-refractivity contribution in [2.45, 2.75) is 6.92 Å². The number of rotatable bonds is 3. The number of para-hydroxylation sites is 1. The number of aromatic amines is 1. The van der Waals surface area contributed by atoms with Crippen molar-refractivity contribution in [3.63, 3.8) is 0 Å². The summed E-state index contributed by atoms with van der Waals surface area (Å²) in [6.07, 6.45) is 1.33. The van der Waals surface area contributed by atoms with Crippen molar-refractivity contribution in [2.24, 2.45) is 0 Å². The number of carbonyl (C=O) groups is 2. The van der Waals surface area contributed by atoms with Gasteiger partial charge in [-0.15, -0.1) is 0 Å². The van der Waals surface area contributed by atoms with Crippen molar-refractivity contribution in [3.8, 4) is 0 Å². The lowest BCUT2D eigenvalue weighted by molar-refractivity contribution is 0.101. The average molecular weight is 244 g/mol. The van der Waals surface area contributed by atoms with Crippen LogP contribution in [-0.4, -0.2) is 21.9 Å². The Hall–Kier alpha value is -2.63. The third-order valence-electron chi connectivity index (χ3n) is 2.47. The summed E-state index contributed by atoms with van der Waals surface area (Å²) in [5.41, 5.74) is 6.70. The molecule has 1 aromatic carbocycles. The number of ketones is 1. The number of aromatic nitrogens is 2. The van der Waals surface area contributed by atoms with Crippen LogP contribution < -0.4 is 11.1 Å². The molecular formula is C12H12N4O2. The maximum atomic E-state index is 11.9. The smallest absolute Gasteiger partial charge is 0.261 e. The van der Waals surface area contributed by atoms with E-state index in [1.807, 2.05) is 0 Å². The van der Waals surface area contributed by atoms with Crippen molar-refractivity contribution < 1.29 is 9.59 Å². The second-order valence-electron chi connectivity index (χ2n) is 3.75. The van der Waals surface area contributed by atoms with Gasteiger partial charge in [0.05, 0.1) is 11.9 Å². The summed E-state index contributed by atoms with van der Waals surface area (Å²) in [5.74, 6) is -0.339. The highest BCUT2D eigenvalue weighted by Crippen LogP contribution is 2.17. The summed E-state index contributed by atoms with van der Waals surface area (Å²) in [7, 11) is 0. The number of nitrogens with one attached hydrogen (secondary N) is 2. The molecule has 0 aliphatic carbocycles. The molecule has 4 N–H and O–H groups in total. The van der Waals surface area contributed by atoms with E-state index in [1.54, 1.807) is 24.3 Å². The molecule has 0 bridgehead atoms. The largest absolute Gasteiger partial charge is 0.383 e. The highest BCUT2D eigenvalue weighted by Gasteiger charge is 2.14. The van der Waals surface area contributed by atoms with Crippen LogP contribution in [0.2, 0.25) is 0 Å². The Morgan fingerprint density at radius 1 is 1.28 bits per heavy atom. The number of hydrogen-bond donors (Lipinski definition) is 3. The van der Waals surface area contributed by atoms with Crippen molar-refractivity contribution in [1.82, 2.24) is 10.2 Å². The van der Waals surface area contributed by atoms with Gasteiger partial charge in [0.1, 0.15) is 11.4 Å². The quantitative estimate of drug-likeness (QED) is 0.711. The monoisotopic (exact) mass is 244 g/mol. The van der Waals surface area contributed by atoms with E-state index in [9.17, 15) is 9.59 Å². The second-order valence-corrected chi connectivity index (χ2v) is 3.75. The van der Waals surface area contributed by atoms with E-state index in [2.05, 4.69) is 15.5 Å². The number of benzene rings is 1. The molecule has 0 unspecified atom stereocenters. The third-order valence-corrected chi connectivity index (χ3v) is 2.47. The zero-order chi connectivity index (χ0) is 13.1. The third kappa shape index (κ3) is 2.22. The normalized spacial score (nSPS) is 10.1. The van der Waals surface area contributed by atoms with Crippen LogP contribution in [0.1, 0.15) is 27.6 Å². The second kappa shape index (κ2) is 4.70. The van der Waals surface area contributed by atoms with Gasteiger partial charge in [-0.2, -0.15) is 5.10 Å². The maximum absolute atomic E-state index is 11.9. The SMILES string of the molecule is CC(=O)c1ccccc1NC(=O)c1cn[nH]c1N. The molecule has 1 heterocycles. The Bertz CT molecular complexity index is 604. The minimum Gasteiger partial charge on any atom is -0.383 e. The molecule has 6 nitrogen and oxygen atoms in total. The van der Waals surface area contributed by atoms with E-state index in [0.29, 0.717) is 11.3 Å². The van der Waals surface area contributed by atoms with Gasteiger partial charge in [-0.05, 0) is 19.1 Å². The number of hydrogen-bond acceptors (Lipinski definition) is 4. The highest BCUT2D eigenvalue weighted by atomic mass is 16.2. The number of nitrogen functional groups attached to an aromatic ring is 1. The summed E-state index contributed by atoms with van der Waals surface area (Å²) >= 11 is 0. The van der Waals surface area contributed by atoms with Crippen LogP contribution in [0.3, 0.4) is 0 Å². The summed E-state index contributed by atoms with van der Waals surface area (Å²) in [5, 5.41) is 8.77. The Labute approximate surface area is 103 Å². The molecule has 1 aromatic heterocycles. The molecule has 0 aliphatic rings. The zero-order valence-electron chi connectivity index (χ0n) is 9.73. The summed E-state index contributed by atoms with van der Waals surface area (Å²) in [6.45, 7) is 1.44. The first-order valence-corrected chi connectivity index (χ1v) is 5.29. The van der Waals surface area contributed by atoms with Crippen LogP contribution in [0.25, 0.3) is 0 Å². The topological polar surface area (TPSA) is 101 Å². The Kier molecular flexibility index (Phi) is 3.09. The molecule has 0 fully saturated rings. The van der Waals surface area contributed by atoms with Crippen molar-refractivity contribution in [3.05, 3.63) is 41.6 Å². The number of H-pyrrole nitrogens is 1. The molecule has 2 rings (SSSR count). The lowest BCUT2D eigenvalue weighted by Crippen LogP contribution is -2.15. The lowest BCUT2D eigenvalue weighted by Gasteiger charge is -2.08. The van der Waals surface area contributed by atoms with Crippen LogP contribution in [0, 0.1) is 0 Å². The fourth-order valence-electron chi connectivity index (χ4n) is 1.57. The number of anilines is 2. The van der Waals surface area contributed by atoms with E-state index in [1.165, 1.54) is 13.1 Å². The van der Waals surface area contributed by atoms with Gasteiger partial charge in [0.15, 0.2) is 5.78 Å². The van der Waals surface area contributed by atoms with Crippen molar-refractivity contribution >= 4 is 23.2 Å². The Balaban J connectivity index is 2.28. The summed E-state index contributed by atoms with van der Waals surface area (Å²) in [4.78, 5) is 23.3. The van der Waals surface area contributed by atoms with Crippen LogP contribution in [0.4, 0.5) is 11.5 Å². The van der Waals surface area contributed by atoms with Gasteiger partial charge in [0, 0.05) is 5.56 Å². The molecule has 1 amide bonds. The number of nitrogens with two attached hydrogens (primary N) is 1. The maximum Gasteiger partial charge on any atom is 0.261 e. The molecular weight excluding hydrogens is 232 g/mol. The molecule has 0 aliphatic heterocycles. The van der Waals surface area contributed by atoms with E-state index >= 15 is 0 Å². The summed E-state index contributed by atoms with van der Waals surface area (Å²) in [6, 6.07) is 6.78. The first-order valence-electron chi connectivity index (χ1n) is 5.29. The number of amides is 1. The van der Waals surface area contributed by atoms with Crippen LogP contribution in [-0.2, 0) is 0 Å². The van der Waals surface area contributed by atoms with E-state index in [4.69, 9.17) is 5.73 Å². The van der Waals surface area contributed by atoms with Crippen LogP contribution in [0.5, 0.6) is 0 Å². The van der Waals surface area contributed by atoms with E-state index in [0.717, 1.165) is 0 Å². The predicted octanol–water partition coefficient (Wildman–Crippen LogP) is 1.45. The zero-order valence-corrected chi connectivity index (χ0v) is 9.73. The van der Waals surface area contributed by atoms with Gasteiger partial charge in [-0.1, -0.05) is 12.1 Å². The van der Waals surface area contributed by atoms with Crippen molar-refractivity contribution in [2.75, 3.05) is 11.1 Å². The average Bonchev–Trinajstić information content (AvgIpc) is 2.76. The molecule has 0 radical (unpaired) electrons. The minimum absolute atomic E-state index is 0.119. The van der Waals surface area contributed by atoms with Gasteiger partial charge in [0.25, 0.3) is 5.91 Å². The predicted molar refractivity (Wildman–Crippen MR) is 67.4 cm³/mol. The first kappa shape index (κ1) is 11.8. The molecule has 18 heavy (non-hydrogen) atoms. The minimum atomic E-state index is -0.407. The molecule has 92 valence electrons. The molecule has 0 spiro atoms. The van der Waals surface area contributed by atoms with Gasteiger partial charge >= 0.3 is 0 Å². The fraction of sp³-hybridized carbons (Fsp3) is 0.0833. The molecule has 2 aromatic rings. The molecule has 0 atom stereocenters. The highest BCUT2D eigenvalue weighted by molar-refractivity contribution is 6.10. The van der Waals surface area contributed by atoms with Gasteiger partial charge in [0.2, 0.25) is 0 Å². The lowest BCUT2D eigenvalue weighted by atomic mass is 10.1. The van der Waals surface area contributed by atoms with Gasteiger partial charge < -0.3 is 11.1 Å². The van der Waals surface area contributed by atoms with E-state index in [-0.39, 0.29) is 17.2 Å². The molecule has 6 heteroatoms. The van der Waals surface area contributed by atoms with Gasteiger partial charge in [-0.3, -0.25) is 14.7 Å². The fourth-order valence-corrected chi connectivity index (χ4v) is 1.57. The van der Waals surface area contributed by atoms with Gasteiger partial charge in [-0.25, -0.2) is 0 Å². The first-order chi connectivity index (χ1) is 8.59. The number of nitrogens with zero attached hydrogens (tertiary/aromatic N) is 1. The van der Waals surface area contributed by atoms with E-state index < -0.39 is 5.91 Å². The molecule has 0 saturated carbocycles. The summed E-state index contributed by atoms with van der Waals surface area (Å²) < 4.78 is 0. The van der Waals surface area contributed by atoms with Crippen LogP contribution in [0.15, 0.2) is 30.5 Å². The van der Waals surface area contributed by atoms with Crippen LogP contribution >= 0.6 is 0 Å². The molecule has 0 saturated heterocycles. The number of carbonyl (C=O) groups excluding carboxylic acids is 2. The Morgan fingerprint density at radius 2 is 2.00 bits per heavy atom. The number of Topliss-reactive ketones (excluding diaryl/α,β-unsaturated/α-hetero) is 1.